The Bertz CT molecular complexity index is 376. The molecule has 0 radical (unpaired) electrons. The summed E-state index contributed by atoms with van der Waals surface area (Å²) in [5.74, 6) is 0.919. The Hall–Kier alpha value is -1.45. The number of anilines is 1. The monoisotopic (exact) mass is 191 g/mol. The number of nitrogens with zero attached hydrogens (tertiary/aromatic N) is 3. The summed E-state index contributed by atoms with van der Waals surface area (Å²) in [6.45, 7) is 1.87. The van der Waals surface area contributed by atoms with Crippen LogP contribution < -0.4 is 4.90 Å². The van der Waals surface area contributed by atoms with E-state index in [2.05, 4.69) is 9.97 Å². The van der Waals surface area contributed by atoms with Crippen LogP contribution in [-0.2, 0) is 11.2 Å². The summed E-state index contributed by atoms with van der Waals surface area (Å²) < 4.78 is 0. The van der Waals surface area contributed by atoms with Crippen LogP contribution in [-0.4, -0.2) is 22.9 Å². The first-order valence-electron chi connectivity index (χ1n) is 4.77. The smallest absolute Gasteiger partial charge is 0.226 e. The molecule has 1 aromatic rings. The van der Waals surface area contributed by atoms with Crippen LogP contribution in [0.4, 0.5) is 5.69 Å². The van der Waals surface area contributed by atoms with Gasteiger partial charge in [-0.2, -0.15) is 0 Å². The fraction of sp³-hybridized carbons (Fsp3) is 0.500. The van der Waals surface area contributed by atoms with Crippen LogP contribution in [0.1, 0.15) is 24.4 Å². The quantitative estimate of drug-likeness (QED) is 0.616. The molecule has 1 aromatic heterocycles. The lowest BCUT2D eigenvalue weighted by Crippen LogP contribution is -2.25. The highest BCUT2D eigenvalue weighted by atomic mass is 16.2. The maximum Gasteiger partial charge on any atom is 0.226 e. The van der Waals surface area contributed by atoms with E-state index < -0.39 is 0 Å². The van der Waals surface area contributed by atoms with E-state index in [9.17, 15) is 4.79 Å². The van der Waals surface area contributed by atoms with Crippen LogP contribution in [0.2, 0.25) is 0 Å². The molecule has 0 spiro atoms. The Morgan fingerprint density at radius 3 is 3.00 bits per heavy atom. The predicted octanol–water partition coefficient (Wildman–Crippen LogP) is 1.08. The highest BCUT2D eigenvalue weighted by Crippen LogP contribution is 2.23. The molecule has 0 N–H and O–H groups in total. The number of aromatic nitrogens is 2. The van der Waals surface area contributed by atoms with Gasteiger partial charge >= 0.3 is 0 Å². The lowest BCUT2D eigenvalue weighted by molar-refractivity contribution is -0.118. The summed E-state index contributed by atoms with van der Waals surface area (Å²) in [6.07, 6.45) is 4.09. The summed E-state index contributed by atoms with van der Waals surface area (Å²) in [5.41, 5.74) is 1.85. The molecule has 74 valence electrons. The third-order valence-corrected chi connectivity index (χ3v) is 2.51. The van der Waals surface area contributed by atoms with Gasteiger partial charge < -0.3 is 4.90 Å². The third-order valence-electron chi connectivity index (χ3n) is 2.51. The number of carbonyl (C=O) groups excluding carboxylic acids is 1. The van der Waals surface area contributed by atoms with E-state index in [0.717, 1.165) is 30.0 Å². The number of carbonyl (C=O) groups is 1. The molecule has 1 aliphatic rings. The molecule has 0 aliphatic carbocycles. The molecule has 0 aromatic carbocycles. The van der Waals surface area contributed by atoms with Crippen molar-refractivity contribution in [1.29, 1.82) is 0 Å². The molecule has 1 aliphatic heterocycles. The molecule has 0 fully saturated rings. The molecule has 4 nitrogen and oxygen atoms in total. The Balaban J connectivity index is 2.48. The van der Waals surface area contributed by atoms with E-state index >= 15 is 0 Å². The van der Waals surface area contributed by atoms with E-state index in [-0.39, 0.29) is 5.91 Å². The first-order valence-corrected chi connectivity index (χ1v) is 4.77. The number of hydrogen-bond acceptors (Lipinski definition) is 3. The van der Waals surface area contributed by atoms with Crippen LogP contribution in [0.3, 0.4) is 0 Å². The normalized spacial score (nSPS) is 16.4. The van der Waals surface area contributed by atoms with Gasteiger partial charge in [-0.3, -0.25) is 4.79 Å². The maximum atomic E-state index is 11.5. The van der Waals surface area contributed by atoms with E-state index in [1.54, 1.807) is 18.1 Å². The van der Waals surface area contributed by atoms with Crippen LogP contribution in [0.25, 0.3) is 0 Å². The van der Waals surface area contributed by atoms with Gasteiger partial charge in [0, 0.05) is 13.5 Å². The van der Waals surface area contributed by atoms with Crippen molar-refractivity contribution in [2.24, 2.45) is 0 Å². The molecule has 0 atom stereocenters. The van der Waals surface area contributed by atoms with Crippen molar-refractivity contribution in [3.8, 4) is 0 Å². The molecule has 0 saturated carbocycles. The molecule has 4 heteroatoms. The average molecular weight is 191 g/mol. The first kappa shape index (κ1) is 9.12. The van der Waals surface area contributed by atoms with Gasteiger partial charge in [-0.25, -0.2) is 9.97 Å². The van der Waals surface area contributed by atoms with Crippen molar-refractivity contribution < 1.29 is 4.79 Å². The summed E-state index contributed by atoms with van der Waals surface area (Å²) in [5, 5.41) is 0. The standard InChI is InChI=1S/C10H13N3O/c1-7-11-6-9-8(12-7)4-3-5-10(14)13(9)2/h6H,3-5H2,1-2H3. The minimum atomic E-state index is 0.149. The second-order valence-electron chi connectivity index (χ2n) is 3.56. The van der Waals surface area contributed by atoms with Crippen LogP contribution in [0, 0.1) is 6.92 Å². The number of amides is 1. The summed E-state index contributed by atoms with van der Waals surface area (Å²) in [6, 6.07) is 0. The van der Waals surface area contributed by atoms with Gasteiger partial charge in [-0.1, -0.05) is 0 Å². The van der Waals surface area contributed by atoms with Gasteiger partial charge in [0.1, 0.15) is 5.82 Å². The first-order chi connectivity index (χ1) is 6.68. The van der Waals surface area contributed by atoms with Crippen molar-refractivity contribution in [3.63, 3.8) is 0 Å². The minimum absolute atomic E-state index is 0.149. The Kier molecular flexibility index (Phi) is 2.19. The molecule has 0 unspecified atom stereocenters. The van der Waals surface area contributed by atoms with Gasteiger partial charge in [0.05, 0.1) is 17.6 Å². The largest absolute Gasteiger partial charge is 0.312 e. The highest BCUT2D eigenvalue weighted by Gasteiger charge is 2.19. The molecular weight excluding hydrogens is 178 g/mol. The molecule has 0 bridgehead atoms. The predicted molar refractivity (Wildman–Crippen MR) is 53.1 cm³/mol. The van der Waals surface area contributed by atoms with Crippen LogP contribution in [0.15, 0.2) is 6.20 Å². The fourth-order valence-electron chi connectivity index (χ4n) is 1.68. The number of rotatable bonds is 0. The summed E-state index contributed by atoms with van der Waals surface area (Å²) in [7, 11) is 1.78. The zero-order chi connectivity index (χ0) is 10.1. The van der Waals surface area contributed by atoms with Gasteiger partial charge in [-0.15, -0.1) is 0 Å². The maximum absolute atomic E-state index is 11.5. The molecule has 2 heterocycles. The average Bonchev–Trinajstić information content (AvgIpc) is 2.28. The molecular formula is C10H13N3O. The zero-order valence-corrected chi connectivity index (χ0v) is 8.45. The summed E-state index contributed by atoms with van der Waals surface area (Å²) in [4.78, 5) is 21.7. The van der Waals surface area contributed by atoms with Crippen molar-refractivity contribution >= 4 is 11.6 Å². The van der Waals surface area contributed by atoms with E-state index in [0.29, 0.717) is 6.42 Å². The number of hydrogen-bond donors (Lipinski definition) is 0. The summed E-state index contributed by atoms with van der Waals surface area (Å²) >= 11 is 0. The van der Waals surface area contributed by atoms with Gasteiger partial charge in [0.2, 0.25) is 5.91 Å². The molecule has 2 rings (SSSR count). The molecule has 0 saturated heterocycles. The van der Waals surface area contributed by atoms with Crippen LogP contribution >= 0.6 is 0 Å². The molecule has 1 amide bonds. The SMILES string of the molecule is Cc1ncc2c(n1)CCCC(=O)N2C. The van der Waals surface area contributed by atoms with Crippen LogP contribution in [0.5, 0.6) is 0 Å². The Morgan fingerprint density at radius 1 is 1.43 bits per heavy atom. The second-order valence-corrected chi connectivity index (χ2v) is 3.56. The van der Waals surface area contributed by atoms with Crippen molar-refractivity contribution in [2.75, 3.05) is 11.9 Å². The topological polar surface area (TPSA) is 46.1 Å². The Morgan fingerprint density at radius 2 is 2.21 bits per heavy atom. The minimum Gasteiger partial charge on any atom is -0.312 e. The van der Waals surface area contributed by atoms with Crippen molar-refractivity contribution in [2.45, 2.75) is 26.2 Å². The van der Waals surface area contributed by atoms with E-state index in [4.69, 9.17) is 0 Å². The second kappa shape index (κ2) is 3.36. The fourth-order valence-corrected chi connectivity index (χ4v) is 1.68. The zero-order valence-electron chi connectivity index (χ0n) is 8.45. The molecule has 14 heavy (non-hydrogen) atoms. The van der Waals surface area contributed by atoms with Crippen molar-refractivity contribution in [3.05, 3.63) is 17.7 Å². The van der Waals surface area contributed by atoms with E-state index in [1.807, 2.05) is 6.92 Å². The Labute approximate surface area is 83.0 Å². The van der Waals surface area contributed by atoms with Gasteiger partial charge in [0.15, 0.2) is 0 Å². The number of fused-ring (bicyclic) bond motifs is 1. The van der Waals surface area contributed by atoms with E-state index in [1.165, 1.54) is 0 Å². The van der Waals surface area contributed by atoms with Gasteiger partial charge in [-0.05, 0) is 19.8 Å². The number of aryl methyl sites for hydroxylation is 2. The highest BCUT2D eigenvalue weighted by molar-refractivity contribution is 5.93. The lowest BCUT2D eigenvalue weighted by atomic mass is 10.2. The lowest BCUT2D eigenvalue weighted by Gasteiger charge is -2.16. The third kappa shape index (κ3) is 1.47. The van der Waals surface area contributed by atoms with Gasteiger partial charge in [0.25, 0.3) is 0 Å². The van der Waals surface area contributed by atoms with Crippen molar-refractivity contribution in [1.82, 2.24) is 9.97 Å².